The number of carboxylic acid groups (broad SMARTS) is 1. The van der Waals surface area contributed by atoms with Gasteiger partial charge in [0.25, 0.3) is 5.91 Å². The van der Waals surface area contributed by atoms with E-state index in [-0.39, 0.29) is 11.9 Å². The summed E-state index contributed by atoms with van der Waals surface area (Å²) < 4.78 is 5.04. The molecule has 1 aliphatic rings. The molecule has 1 heterocycles. The van der Waals surface area contributed by atoms with Crippen molar-refractivity contribution in [2.24, 2.45) is 5.41 Å². The van der Waals surface area contributed by atoms with E-state index in [1.54, 1.807) is 13.8 Å². The minimum absolute atomic E-state index is 0.292. The fourth-order valence-corrected chi connectivity index (χ4v) is 2.83. The van der Waals surface area contributed by atoms with Gasteiger partial charge in [0.2, 0.25) is 0 Å². The largest absolute Gasteiger partial charge is 0.481 e. The van der Waals surface area contributed by atoms with Gasteiger partial charge in [0.05, 0.1) is 11.1 Å². The third-order valence-corrected chi connectivity index (χ3v) is 4.25. The summed E-state index contributed by atoms with van der Waals surface area (Å²) in [5, 5.41) is 16.1. The molecule has 2 rings (SSSR count). The van der Waals surface area contributed by atoms with Gasteiger partial charge in [-0.15, -0.1) is 0 Å². The van der Waals surface area contributed by atoms with E-state index >= 15 is 0 Å². The first-order valence-corrected chi connectivity index (χ1v) is 6.89. The molecule has 6 heteroatoms. The lowest BCUT2D eigenvalue weighted by molar-refractivity contribution is -0.148. The van der Waals surface area contributed by atoms with Crippen molar-refractivity contribution in [2.45, 2.75) is 52.5 Å². The second kappa shape index (κ2) is 5.26. The monoisotopic (exact) mass is 280 g/mol. The summed E-state index contributed by atoms with van der Waals surface area (Å²) in [5.41, 5.74) is 0.148. The number of nitrogens with zero attached hydrogens (tertiary/aromatic N) is 1. The maximum absolute atomic E-state index is 12.4. The van der Waals surface area contributed by atoms with Gasteiger partial charge in [-0.1, -0.05) is 18.5 Å². The Hall–Kier alpha value is -1.85. The third kappa shape index (κ3) is 2.30. The average Bonchev–Trinajstić information content (AvgIpc) is 2.94. The van der Waals surface area contributed by atoms with Crippen molar-refractivity contribution in [3.63, 3.8) is 0 Å². The zero-order chi connectivity index (χ0) is 14.9. The Morgan fingerprint density at radius 1 is 1.55 bits per heavy atom. The molecule has 0 spiro atoms. The van der Waals surface area contributed by atoms with Crippen molar-refractivity contribution in [1.29, 1.82) is 0 Å². The predicted octanol–water partition coefficient (Wildman–Crippen LogP) is 1.92. The third-order valence-electron chi connectivity index (χ3n) is 4.25. The van der Waals surface area contributed by atoms with Crippen molar-refractivity contribution in [2.75, 3.05) is 0 Å². The molecule has 20 heavy (non-hydrogen) atoms. The smallest absolute Gasteiger partial charge is 0.311 e. The van der Waals surface area contributed by atoms with Crippen molar-refractivity contribution in [3.05, 3.63) is 17.0 Å². The molecule has 1 aromatic heterocycles. The van der Waals surface area contributed by atoms with Gasteiger partial charge < -0.3 is 14.9 Å². The number of carbonyl (C=O) groups is 2. The van der Waals surface area contributed by atoms with E-state index < -0.39 is 11.4 Å². The zero-order valence-electron chi connectivity index (χ0n) is 12.0. The Morgan fingerprint density at radius 3 is 2.85 bits per heavy atom. The van der Waals surface area contributed by atoms with Crippen molar-refractivity contribution < 1.29 is 19.2 Å². The number of rotatable bonds is 4. The quantitative estimate of drug-likeness (QED) is 0.879. The van der Waals surface area contributed by atoms with Gasteiger partial charge in [-0.2, -0.15) is 0 Å². The van der Waals surface area contributed by atoms with Crippen LogP contribution >= 0.6 is 0 Å². The SMILES string of the molecule is CCc1noc(C)c1C(=O)NC1CCCC1(C)C(=O)O. The lowest BCUT2D eigenvalue weighted by atomic mass is 9.84. The molecule has 0 aliphatic heterocycles. The molecule has 2 unspecified atom stereocenters. The minimum atomic E-state index is -0.896. The number of hydrogen-bond donors (Lipinski definition) is 2. The Bertz CT molecular complexity index is 537. The lowest BCUT2D eigenvalue weighted by Crippen LogP contribution is -2.47. The molecule has 1 aromatic rings. The van der Waals surface area contributed by atoms with E-state index in [1.165, 1.54) is 0 Å². The molecule has 0 bridgehead atoms. The van der Waals surface area contributed by atoms with Crippen LogP contribution in [0.15, 0.2) is 4.52 Å². The Kier molecular flexibility index (Phi) is 3.83. The van der Waals surface area contributed by atoms with E-state index in [0.29, 0.717) is 36.3 Å². The Balaban J connectivity index is 2.20. The molecule has 0 radical (unpaired) electrons. The van der Waals surface area contributed by atoms with Crippen LogP contribution in [0.5, 0.6) is 0 Å². The molecular weight excluding hydrogens is 260 g/mol. The topological polar surface area (TPSA) is 92.4 Å². The summed E-state index contributed by atoms with van der Waals surface area (Å²) in [5.74, 6) is -0.688. The zero-order valence-corrected chi connectivity index (χ0v) is 12.0. The van der Waals surface area contributed by atoms with E-state index in [9.17, 15) is 14.7 Å². The van der Waals surface area contributed by atoms with Gasteiger partial charge in [-0.3, -0.25) is 9.59 Å². The summed E-state index contributed by atoms with van der Waals surface area (Å²) in [6.45, 7) is 5.27. The predicted molar refractivity (Wildman–Crippen MR) is 71.5 cm³/mol. The molecule has 2 N–H and O–H groups in total. The molecule has 1 aliphatic carbocycles. The number of amides is 1. The highest BCUT2D eigenvalue weighted by molar-refractivity contribution is 5.96. The molecular formula is C14H20N2O4. The fraction of sp³-hybridized carbons (Fsp3) is 0.643. The second-order valence-corrected chi connectivity index (χ2v) is 5.55. The van der Waals surface area contributed by atoms with E-state index in [2.05, 4.69) is 10.5 Å². The van der Waals surface area contributed by atoms with Crippen LogP contribution < -0.4 is 5.32 Å². The molecule has 1 fully saturated rings. The normalized spacial score (nSPS) is 25.6. The first-order chi connectivity index (χ1) is 9.40. The van der Waals surface area contributed by atoms with Crippen LogP contribution in [0, 0.1) is 12.3 Å². The van der Waals surface area contributed by atoms with Crippen molar-refractivity contribution in [3.8, 4) is 0 Å². The first-order valence-electron chi connectivity index (χ1n) is 6.89. The molecule has 1 saturated carbocycles. The molecule has 110 valence electrons. The standard InChI is InChI=1S/C14H20N2O4/c1-4-9-11(8(2)20-16-9)12(17)15-10-6-5-7-14(10,3)13(18)19/h10H,4-7H2,1-3H3,(H,15,17)(H,18,19). The van der Waals surface area contributed by atoms with E-state index in [0.717, 1.165) is 6.42 Å². The van der Waals surface area contributed by atoms with Gasteiger partial charge in [-0.25, -0.2) is 0 Å². The van der Waals surface area contributed by atoms with Gasteiger partial charge in [0, 0.05) is 6.04 Å². The number of carbonyl (C=O) groups excluding carboxylic acids is 1. The lowest BCUT2D eigenvalue weighted by Gasteiger charge is -2.27. The van der Waals surface area contributed by atoms with E-state index in [1.807, 2.05) is 6.92 Å². The number of aryl methyl sites for hydroxylation is 2. The number of aromatic nitrogens is 1. The van der Waals surface area contributed by atoms with Crippen LogP contribution in [0.4, 0.5) is 0 Å². The molecule has 1 amide bonds. The van der Waals surface area contributed by atoms with Gasteiger partial charge in [0.1, 0.15) is 11.3 Å². The summed E-state index contributed by atoms with van der Waals surface area (Å²) >= 11 is 0. The van der Waals surface area contributed by atoms with Crippen LogP contribution in [0.1, 0.15) is 54.9 Å². The molecule has 2 atom stereocenters. The van der Waals surface area contributed by atoms with Crippen LogP contribution in [-0.4, -0.2) is 28.2 Å². The number of nitrogens with one attached hydrogen (secondary N) is 1. The molecule has 6 nitrogen and oxygen atoms in total. The highest BCUT2D eigenvalue weighted by Gasteiger charge is 2.46. The fourth-order valence-electron chi connectivity index (χ4n) is 2.83. The van der Waals surface area contributed by atoms with Crippen LogP contribution in [0.3, 0.4) is 0 Å². The highest BCUT2D eigenvalue weighted by Crippen LogP contribution is 2.38. The van der Waals surface area contributed by atoms with E-state index in [4.69, 9.17) is 4.52 Å². The summed E-state index contributed by atoms with van der Waals surface area (Å²) in [7, 11) is 0. The number of aliphatic carboxylic acids is 1. The van der Waals surface area contributed by atoms with Crippen molar-refractivity contribution >= 4 is 11.9 Å². The maximum Gasteiger partial charge on any atom is 0.311 e. The van der Waals surface area contributed by atoms with Crippen LogP contribution in [0.2, 0.25) is 0 Å². The summed E-state index contributed by atoms with van der Waals surface area (Å²) in [6.07, 6.45) is 2.66. The second-order valence-electron chi connectivity index (χ2n) is 5.55. The average molecular weight is 280 g/mol. The van der Waals surface area contributed by atoms with Gasteiger partial charge in [0.15, 0.2) is 0 Å². The Morgan fingerprint density at radius 2 is 2.25 bits per heavy atom. The first kappa shape index (κ1) is 14.6. The van der Waals surface area contributed by atoms with Crippen LogP contribution in [-0.2, 0) is 11.2 Å². The maximum atomic E-state index is 12.4. The summed E-state index contributed by atoms with van der Waals surface area (Å²) in [6, 6.07) is -0.355. The summed E-state index contributed by atoms with van der Waals surface area (Å²) in [4.78, 5) is 23.8. The van der Waals surface area contributed by atoms with Crippen LogP contribution in [0.25, 0.3) is 0 Å². The van der Waals surface area contributed by atoms with Gasteiger partial charge >= 0.3 is 5.97 Å². The highest BCUT2D eigenvalue weighted by atomic mass is 16.5. The number of carboxylic acids is 1. The van der Waals surface area contributed by atoms with Crippen molar-refractivity contribution in [1.82, 2.24) is 10.5 Å². The Labute approximate surface area is 117 Å². The minimum Gasteiger partial charge on any atom is -0.481 e. The molecule has 0 aromatic carbocycles. The number of hydrogen-bond acceptors (Lipinski definition) is 4. The van der Waals surface area contributed by atoms with Gasteiger partial charge in [-0.05, 0) is 33.1 Å². The molecule has 0 saturated heterocycles.